The molecule has 1 atom stereocenters. The molecule has 5 nitrogen and oxygen atoms in total. The van der Waals surface area contributed by atoms with Gasteiger partial charge < -0.3 is 19.9 Å². The molecule has 0 amide bonds. The summed E-state index contributed by atoms with van der Waals surface area (Å²) in [5.74, 6) is 0.0685. The van der Waals surface area contributed by atoms with Crippen molar-refractivity contribution in [3.8, 4) is 0 Å². The quantitative estimate of drug-likeness (QED) is 0.141. The third-order valence-corrected chi connectivity index (χ3v) is 8.03. The Bertz CT molecular complexity index is 1160. The van der Waals surface area contributed by atoms with Crippen molar-refractivity contribution >= 4 is 17.6 Å². The molecule has 1 aliphatic rings. The minimum Gasteiger partial charge on any atom is -0.442 e. The van der Waals surface area contributed by atoms with Crippen LogP contribution in [0.5, 0.6) is 0 Å². The Morgan fingerprint density at radius 3 is 2.02 bits per heavy atom. The smallest absolute Gasteiger partial charge is 0.333 e. The maximum atomic E-state index is 13.3. The van der Waals surface area contributed by atoms with Gasteiger partial charge in [-0.05, 0) is 30.4 Å². The third kappa shape index (κ3) is 7.94. The van der Waals surface area contributed by atoms with Crippen molar-refractivity contribution in [1.29, 1.82) is 0 Å². The first kappa shape index (κ1) is 30.3. The van der Waals surface area contributed by atoms with E-state index in [9.17, 15) is 4.79 Å². The first-order chi connectivity index (χ1) is 19.6. The predicted molar refractivity (Wildman–Crippen MR) is 161 cm³/mol. The van der Waals surface area contributed by atoms with E-state index in [1.54, 1.807) is 0 Å². The molecule has 0 heterocycles. The van der Waals surface area contributed by atoms with Crippen molar-refractivity contribution in [2.24, 2.45) is 5.73 Å². The molecule has 6 heteroatoms. The zero-order valence-corrected chi connectivity index (χ0v) is 24.1. The van der Waals surface area contributed by atoms with Crippen molar-refractivity contribution in [3.63, 3.8) is 0 Å². The topological polar surface area (TPSA) is 70.8 Å². The van der Waals surface area contributed by atoms with Crippen LogP contribution in [0.25, 0.3) is 0 Å². The number of rotatable bonds is 12. The van der Waals surface area contributed by atoms with Crippen LogP contribution in [-0.2, 0) is 24.6 Å². The van der Waals surface area contributed by atoms with Gasteiger partial charge in [0.15, 0.2) is 5.60 Å². The molecule has 40 heavy (non-hydrogen) atoms. The van der Waals surface area contributed by atoms with Crippen LogP contribution in [0.4, 0.5) is 0 Å². The maximum Gasteiger partial charge on any atom is 0.333 e. The monoisotopic (exact) mass is 563 g/mol. The van der Waals surface area contributed by atoms with Crippen LogP contribution < -0.4 is 5.73 Å². The van der Waals surface area contributed by atoms with Gasteiger partial charge in [-0.25, -0.2) is 4.79 Å². The molecule has 4 rings (SSSR count). The van der Waals surface area contributed by atoms with Crippen molar-refractivity contribution in [3.05, 3.63) is 106 Å². The number of benzene rings is 3. The van der Waals surface area contributed by atoms with Crippen molar-refractivity contribution < 1.29 is 19.0 Å². The van der Waals surface area contributed by atoms with E-state index in [2.05, 4.69) is 24.3 Å². The lowest BCUT2D eigenvalue weighted by molar-refractivity contribution is -0.159. The van der Waals surface area contributed by atoms with Crippen molar-refractivity contribution in [2.45, 2.75) is 62.9 Å². The minimum absolute atomic E-state index is 0.203. The molecule has 0 aromatic heterocycles. The molecule has 2 N–H and O–H groups in total. The van der Waals surface area contributed by atoms with Crippen LogP contribution in [0.2, 0.25) is 5.02 Å². The number of carbonyl (C=O) groups excluding carboxylic acids is 1. The molecule has 1 unspecified atom stereocenters. The number of halogens is 1. The maximum absolute atomic E-state index is 13.3. The average molecular weight is 564 g/mol. The lowest BCUT2D eigenvalue weighted by Gasteiger charge is -2.36. The second-order valence-electron chi connectivity index (χ2n) is 10.5. The van der Waals surface area contributed by atoms with Gasteiger partial charge >= 0.3 is 5.97 Å². The van der Waals surface area contributed by atoms with Gasteiger partial charge in [0.1, 0.15) is 6.61 Å². The van der Waals surface area contributed by atoms with Crippen LogP contribution in [-0.4, -0.2) is 38.9 Å². The summed E-state index contributed by atoms with van der Waals surface area (Å²) in [4.78, 5) is 13.3. The second kappa shape index (κ2) is 15.9. The van der Waals surface area contributed by atoms with E-state index in [1.807, 2.05) is 54.6 Å². The normalized spacial score (nSPS) is 16.4. The molecule has 3 aromatic carbocycles. The Hall–Kier alpha value is -2.70. The van der Waals surface area contributed by atoms with Gasteiger partial charge in [0.25, 0.3) is 0 Å². The first-order valence-corrected chi connectivity index (χ1v) is 15.0. The number of nitrogens with two attached hydrogens (primary N) is 1. The van der Waals surface area contributed by atoms with E-state index in [0.29, 0.717) is 36.3 Å². The Labute approximate surface area is 244 Å². The van der Waals surface area contributed by atoms with Gasteiger partial charge in [-0.1, -0.05) is 123 Å². The van der Waals surface area contributed by atoms with Crippen molar-refractivity contribution in [2.75, 3.05) is 33.0 Å². The third-order valence-electron chi connectivity index (χ3n) is 7.70. The Balaban J connectivity index is 1.68. The highest BCUT2D eigenvalue weighted by Gasteiger charge is 2.42. The number of hydrogen-bond acceptors (Lipinski definition) is 5. The first-order valence-electron chi connectivity index (χ1n) is 14.6. The van der Waals surface area contributed by atoms with E-state index in [1.165, 1.54) is 56.9 Å². The van der Waals surface area contributed by atoms with Crippen molar-refractivity contribution in [1.82, 2.24) is 0 Å². The highest BCUT2D eigenvalue weighted by molar-refractivity contribution is 6.31. The van der Waals surface area contributed by atoms with Gasteiger partial charge in [0, 0.05) is 28.3 Å². The molecule has 1 fully saturated rings. The molecule has 0 spiro atoms. The van der Waals surface area contributed by atoms with E-state index in [4.69, 9.17) is 31.5 Å². The summed E-state index contributed by atoms with van der Waals surface area (Å²) in [6, 6.07) is 26.0. The average Bonchev–Trinajstić information content (AvgIpc) is 3.13. The van der Waals surface area contributed by atoms with Crippen LogP contribution in [0, 0.1) is 0 Å². The molecule has 1 aliphatic carbocycles. The Kier molecular flexibility index (Phi) is 12.0. The largest absolute Gasteiger partial charge is 0.442 e. The van der Waals surface area contributed by atoms with Crippen LogP contribution in [0.15, 0.2) is 78.9 Å². The molecule has 1 saturated carbocycles. The van der Waals surface area contributed by atoms with Gasteiger partial charge in [-0.15, -0.1) is 0 Å². The fraction of sp³-hybridized carbons (Fsp3) is 0.441. The summed E-state index contributed by atoms with van der Waals surface area (Å²) in [6.07, 6.45) is 10.3. The highest BCUT2D eigenvalue weighted by Crippen LogP contribution is 2.44. The van der Waals surface area contributed by atoms with Gasteiger partial charge in [0.2, 0.25) is 0 Å². The van der Waals surface area contributed by atoms with Crippen LogP contribution in [0.3, 0.4) is 0 Å². The molecular formula is C34H42ClNO4. The standard InChI is InChI=1S/C34H42ClNO4/c35-32-17-11-10-16-31(32)34(29-14-8-5-9-15-29,40-33(37)26-39-25-24-38-23-22-36)30-20-18-28(19-21-30)27-12-6-3-1-2-4-7-13-27/h5,8-11,14-21,27H,1-4,6-7,12-13,22-26,36H2. The summed E-state index contributed by atoms with van der Waals surface area (Å²) in [5.41, 5.74) is 7.93. The number of esters is 1. The lowest BCUT2D eigenvalue weighted by atomic mass is 9.79. The molecule has 0 aliphatic heterocycles. The molecule has 0 saturated heterocycles. The second-order valence-corrected chi connectivity index (χ2v) is 10.9. The number of carbonyl (C=O) groups is 1. The fourth-order valence-electron chi connectivity index (χ4n) is 5.69. The van der Waals surface area contributed by atoms with E-state index in [-0.39, 0.29) is 13.2 Å². The fourth-order valence-corrected chi connectivity index (χ4v) is 5.95. The van der Waals surface area contributed by atoms with E-state index >= 15 is 0 Å². The molecule has 214 valence electrons. The zero-order chi connectivity index (χ0) is 28.0. The number of hydrogen-bond donors (Lipinski definition) is 1. The molecule has 3 aromatic rings. The Morgan fingerprint density at radius 2 is 1.35 bits per heavy atom. The SMILES string of the molecule is NCCOCCOCC(=O)OC(c1ccccc1)(c1ccc(C2CCCCCCCC2)cc1)c1ccccc1Cl. The predicted octanol–water partition coefficient (Wildman–Crippen LogP) is 7.39. The van der Waals surface area contributed by atoms with Gasteiger partial charge in [-0.3, -0.25) is 0 Å². The molecule has 0 bridgehead atoms. The summed E-state index contributed by atoms with van der Waals surface area (Å²) in [7, 11) is 0. The van der Waals surface area contributed by atoms with Gasteiger partial charge in [-0.2, -0.15) is 0 Å². The number of ether oxygens (including phenoxy) is 3. The van der Waals surface area contributed by atoms with Crippen LogP contribution in [0.1, 0.15) is 79.5 Å². The summed E-state index contributed by atoms with van der Waals surface area (Å²) < 4.78 is 17.4. The molecular weight excluding hydrogens is 522 g/mol. The summed E-state index contributed by atoms with van der Waals surface area (Å²) in [5, 5.41) is 0.524. The zero-order valence-electron chi connectivity index (χ0n) is 23.4. The van der Waals surface area contributed by atoms with E-state index < -0.39 is 11.6 Å². The summed E-state index contributed by atoms with van der Waals surface area (Å²) in [6.45, 7) is 1.33. The lowest BCUT2D eigenvalue weighted by Crippen LogP contribution is -2.37. The Morgan fingerprint density at radius 1 is 0.750 bits per heavy atom. The summed E-state index contributed by atoms with van der Waals surface area (Å²) >= 11 is 6.82. The van der Waals surface area contributed by atoms with Gasteiger partial charge in [0.05, 0.1) is 19.8 Å². The van der Waals surface area contributed by atoms with E-state index in [0.717, 1.165) is 11.1 Å². The highest BCUT2D eigenvalue weighted by atomic mass is 35.5. The van der Waals surface area contributed by atoms with Crippen LogP contribution >= 0.6 is 11.6 Å². The minimum atomic E-state index is -1.24. The molecule has 0 radical (unpaired) electrons.